The third-order valence-corrected chi connectivity index (χ3v) is 3.26. The van der Waals surface area contributed by atoms with Crippen molar-refractivity contribution in [3.05, 3.63) is 82.9 Å². The summed E-state index contributed by atoms with van der Waals surface area (Å²) in [6, 6.07) is 6.80. The summed E-state index contributed by atoms with van der Waals surface area (Å²) in [5, 5.41) is 1.01. The molecule has 2 rings (SSSR count). The molecule has 0 bridgehead atoms. The average molecular weight is 395 g/mol. The largest absolute Gasteiger partial charge is 0.299 e. The smallest absolute Gasteiger partial charge is 0.269 e. The van der Waals surface area contributed by atoms with Crippen molar-refractivity contribution in [2.45, 2.75) is 0 Å². The Labute approximate surface area is 159 Å². The first-order valence-electron chi connectivity index (χ1n) is 7.80. The van der Waals surface area contributed by atoms with Gasteiger partial charge in [0.2, 0.25) is 0 Å². The Morgan fingerprint density at radius 2 is 1.39 bits per heavy atom. The van der Waals surface area contributed by atoms with E-state index in [1.807, 2.05) is 0 Å². The van der Waals surface area contributed by atoms with Gasteiger partial charge in [0.25, 0.3) is 5.91 Å². The van der Waals surface area contributed by atoms with Crippen molar-refractivity contribution in [2.24, 2.45) is 0 Å². The minimum Gasteiger partial charge on any atom is -0.299 e. The van der Waals surface area contributed by atoms with Crippen molar-refractivity contribution < 1.29 is 32.0 Å². The molecule has 4 nitrogen and oxygen atoms in total. The number of carbonyl (C=O) groups is 2. The van der Waals surface area contributed by atoms with Crippen molar-refractivity contribution in [2.75, 3.05) is 14.2 Å². The summed E-state index contributed by atoms with van der Waals surface area (Å²) in [6.07, 6.45) is 5.76. The summed E-state index contributed by atoms with van der Waals surface area (Å²) in [4.78, 5) is 25.8. The van der Waals surface area contributed by atoms with E-state index in [1.165, 1.54) is 50.6 Å². The van der Waals surface area contributed by atoms with Crippen LogP contribution in [0, 0.1) is 23.3 Å². The van der Waals surface area contributed by atoms with E-state index in [0.717, 1.165) is 29.3 Å². The lowest BCUT2D eigenvalue weighted by Gasteiger charge is -2.09. The number of likely N-dealkylation sites (N-methyl/N-ethyl adjacent to an activating group) is 1. The Morgan fingerprint density at radius 1 is 0.893 bits per heavy atom. The van der Waals surface area contributed by atoms with Crippen LogP contribution < -0.4 is 0 Å². The molecule has 0 N–H and O–H groups in total. The Morgan fingerprint density at radius 3 is 1.82 bits per heavy atom. The van der Waals surface area contributed by atoms with Gasteiger partial charge in [-0.15, -0.1) is 0 Å². The van der Waals surface area contributed by atoms with Crippen molar-refractivity contribution in [3.8, 4) is 0 Å². The summed E-state index contributed by atoms with van der Waals surface area (Å²) in [5.74, 6) is -4.07. The first kappa shape index (κ1) is 22.8. The number of hydrogen-bond donors (Lipinski definition) is 0. The van der Waals surface area contributed by atoms with Crippen LogP contribution >= 0.6 is 0 Å². The van der Waals surface area contributed by atoms with E-state index in [9.17, 15) is 27.2 Å². The molecule has 0 aliphatic carbocycles. The van der Waals surface area contributed by atoms with Gasteiger partial charge in [-0.1, -0.05) is 18.2 Å². The molecule has 2 aromatic carbocycles. The molecule has 2 aromatic rings. The van der Waals surface area contributed by atoms with Gasteiger partial charge in [-0.25, -0.2) is 22.6 Å². The zero-order chi connectivity index (χ0) is 21.1. The monoisotopic (exact) mass is 395 g/mol. The first-order chi connectivity index (χ1) is 13.3. The lowest BCUT2D eigenvalue weighted by molar-refractivity contribution is -0.162. The van der Waals surface area contributed by atoms with Crippen LogP contribution in [-0.4, -0.2) is 31.4 Å². The van der Waals surface area contributed by atoms with Gasteiger partial charge in [-0.05, 0) is 47.5 Å². The second-order valence-corrected chi connectivity index (χ2v) is 5.19. The summed E-state index contributed by atoms with van der Waals surface area (Å²) in [5.41, 5.74) is 0.859. The molecular formula is C20H17F4NO3. The molecule has 0 heterocycles. The number of rotatable bonds is 5. The van der Waals surface area contributed by atoms with Crippen molar-refractivity contribution in [1.82, 2.24) is 5.06 Å². The highest BCUT2D eigenvalue weighted by atomic mass is 19.2. The van der Waals surface area contributed by atoms with Crippen LogP contribution in [0.5, 0.6) is 0 Å². The highest BCUT2D eigenvalue weighted by molar-refractivity contribution is 5.90. The van der Waals surface area contributed by atoms with Gasteiger partial charge in [-0.2, -0.15) is 0 Å². The number of nitrogens with zero attached hydrogens (tertiary/aromatic N) is 1. The van der Waals surface area contributed by atoms with E-state index in [-0.39, 0.29) is 0 Å². The summed E-state index contributed by atoms with van der Waals surface area (Å²) in [7, 11) is 2.79. The van der Waals surface area contributed by atoms with Crippen LogP contribution in [0.4, 0.5) is 17.6 Å². The molecule has 0 aromatic heterocycles. The second kappa shape index (κ2) is 11.5. The molecular weight excluding hydrogens is 378 g/mol. The molecule has 8 heteroatoms. The molecule has 0 aliphatic rings. The topological polar surface area (TPSA) is 46.6 Å². The maximum absolute atomic E-state index is 12.8. The highest BCUT2D eigenvalue weighted by Crippen LogP contribution is 2.10. The van der Waals surface area contributed by atoms with E-state index < -0.39 is 29.2 Å². The number of halogens is 4. The van der Waals surface area contributed by atoms with Gasteiger partial charge in [0.1, 0.15) is 6.29 Å². The molecule has 0 spiro atoms. The zero-order valence-corrected chi connectivity index (χ0v) is 15.0. The lowest BCUT2D eigenvalue weighted by Crippen LogP contribution is -2.22. The average Bonchev–Trinajstić information content (AvgIpc) is 2.69. The maximum atomic E-state index is 12.8. The number of hydroxylamine groups is 2. The third-order valence-electron chi connectivity index (χ3n) is 3.26. The van der Waals surface area contributed by atoms with E-state index in [0.29, 0.717) is 17.4 Å². The Hall–Kier alpha value is -3.26. The molecule has 0 radical (unpaired) electrons. The van der Waals surface area contributed by atoms with Gasteiger partial charge in [0.15, 0.2) is 23.3 Å². The molecule has 0 saturated heterocycles. The van der Waals surface area contributed by atoms with Gasteiger partial charge >= 0.3 is 0 Å². The molecule has 0 atom stereocenters. The first-order valence-corrected chi connectivity index (χ1v) is 7.80. The van der Waals surface area contributed by atoms with E-state index in [4.69, 9.17) is 0 Å². The zero-order valence-electron chi connectivity index (χ0n) is 15.0. The Bertz CT molecular complexity index is 882. The quantitative estimate of drug-likeness (QED) is 0.330. The summed E-state index contributed by atoms with van der Waals surface area (Å²) in [6.45, 7) is 0. The summed E-state index contributed by atoms with van der Waals surface area (Å²) < 4.78 is 50.2. The number of aldehydes is 1. The molecule has 0 aliphatic heterocycles. The Balaban J connectivity index is 0.000000292. The number of hydrogen-bond acceptors (Lipinski definition) is 3. The van der Waals surface area contributed by atoms with Crippen LogP contribution in [-0.2, 0) is 14.4 Å². The van der Waals surface area contributed by atoms with Crippen molar-refractivity contribution in [3.63, 3.8) is 0 Å². The van der Waals surface area contributed by atoms with E-state index >= 15 is 0 Å². The molecule has 0 saturated carbocycles. The molecule has 148 valence electrons. The lowest BCUT2D eigenvalue weighted by atomic mass is 10.2. The fraction of sp³-hybridized carbons (Fsp3) is 0.100. The maximum Gasteiger partial charge on any atom is 0.269 e. The standard InChI is InChI=1S/C11H11F2NO2.C9H6F2O/c1-14(16-2)11(15)6-4-8-3-5-9(12)10(13)7-8;10-8-4-3-7(2-1-5-12)6-9(8)11/h3-7H,1-2H3;1-6H/b6-4+;2-1+. The number of benzene rings is 2. The fourth-order valence-electron chi connectivity index (χ4n) is 1.74. The molecule has 28 heavy (non-hydrogen) atoms. The van der Waals surface area contributed by atoms with E-state index in [2.05, 4.69) is 4.84 Å². The minimum atomic E-state index is -0.949. The number of amides is 1. The molecule has 0 unspecified atom stereocenters. The fourth-order valence-corrected chi connectivity index (χ4v) is 1.74. The Kier molecular flexibility index (Phi) is 9.32. The number of allylic oxidation sites excluding steroid dienone is 1. The molecule has 0 fully saturated rings. The van der Waals surface area contributed by atoms with Crippen LogP contribution in [0.15, 0.2) is 48.6 Å². The molecule has 1 amide bonds. The van der Waals surface area contributed by atoms with Crippen LogP contribution in [0.1, 0.15) is 11.1 Å². The third kappa shape index (κ3) is 7.55. The van der Waals surface area contributed by atoms with Gasteiger partial charge in [0, 0.05) is 13.1 Å². The van der Waals surface area contributed by atoms with Gasteiger partial charge < -0.3 is 0 Å². The van der Waals surface area contributed by atoms with Gasteiger partial charge in [0.05, 0.1) is 7.11 Å². The summed E-state index contributed by atoms with van der Waals surface area (Å²) >= 11 is 0. The second-order valence-electron chi connectivity index (χ2n) is 5.19. The predicted molar refractivity (Wildman–Crippen MR) is 96.6 cm³/mol. The SMILES string of the molecule is CON(C)C(=O)/C=C/c1ccc(F)c(F)c1.O=C/C=C/c1ccc(F)c(F)c1. The highest BCUT2D eigenvalue weighted by Gasteiger charge is 2.03. The van der Waals surface area contributed by atoms with Crippen molar-refractivity contribution in [1.29, 1.82) is 0 Å². The van der Waals surface area contributed by atoms with Crippen molar-refractivity contribution >= 4 is 24.3 Å². The van der Waals surface area contributed by atoms with Crippen LogP contribution in [0.25, 0.3) is 12.2 Å². The predicted octanol–water partition coefficient (Wildman–Crippen LogP) is 4.17. The number of carbonyl (C=O) groups excluding carboxylic acids is 2. The minimum absolute atomic E-state index is 0.396. The van der Waals surface area contributed by atoms with Gasteiger partial charge in [-0.3, -0.25) is 14.4 Å². The van der Waals surface area contributed by atoms with Crippen LogP contribution in [0.2, 0.25) is 0 Å². The normalized spacial score (nSPS) is 10.6. The van der Waals surface area contributed by atoms with Crippen LogP contribution in [0.3, 0.4) is 0 Å². The van der Waals surface area contributed by atoms with E-state index in [1.54, 1.807) is 0 Å².